The summed E-state index contributed by atoms with van der Waals surface area (Å²) < 4.78 is 13.2. The molecule has 0 heterocycles. The Labute approximate surface area is 112 Å². The lowest BCUT2D eigenvalue weighted by Gasteiger charge is -2.15. The summed E-state index contributed by atoms with van der Waals surface area (Å²) >= 11 is 6.02. The summed E-state index contributed by atoms with van der Waals surface area (Å²) in [5.41, 5.74) is 3.44. The topological polar surface area (TPSA) is 0 Å². The summed E-state index contributed by atoms with van der Waals surface area (Å²) in [5, 5.41) is 0. The van der Waals surface area contributed by atoms with Crippen molar-refractivity contribution in [1.82, 2.24) is 0 Å². The van der Waals surface area contributed by atoms with E-state index in [-0.39, 0.29) is 11.7 Å². The second-order valence-corrected chi connectivity index (χ2v) is 4.91. The molecule has 0 radical (unpaired) electrons. The molecule has 0 nitrogen and oxygen atoms in total. The van der Waals surface area contributed by atoms with E-state index in [1.165, 1.54) is 17.2 Å². The number of hydrogen-bond donors (Lipinski definition) is 0. The lowest BCUT2D eigenvalue weighted by molar-refractivity contribution is 0.621. The predicted molar refractivity (Wildman–Crippen MR) is 74.7 cm³/mol. The minimum absolute atomic E-state index is 0.157. The predicted octanol–water partition coefficient (Wildman–Crippen LogP) is 4.70. The largest absolute Gasteiger partial charge is 0.207 e. The number of rotatable bonds is 4. The number of halogens is 2. The van der Waals surface area contributed by atoms with Gasteiger partial charge in [0.15, 0.2) is 0 Å². The fourth-order valence-electron chi connectivity index (χ4n) is 2.15. The zero-order valence-electron chi connectivity index (χ0n) is 10.4. The Hall–Kier alpha value is -1.34. The van der Waals surface area contributed by atoms with Crippen molar-refractivity contribution >= 4 is 11.6 Å². The zero-order valence-corrected chi connectivity index (χ0v) is 11.1. The Morgan fingerprint density at radius 1 is 1.11 bits per heavy atom. The van der Waals surface area contributed by atoms with Gasteiger partial charge < -0.3 is 0 Å². The van der Waals surface area contributed by atoms with Gasteiger partial charge in [0.2, 0.25) is 0 Å². The van der Waals surface area contributed by atoms with Gasteiger partial charge in [0.25, 0.3) is 0 Å². The van der Waals surface area contributed by atoms with E-state index in [0.717, 1.165) is 12.0 Å². The van der Waals surface area contributed by atoms with Crippen molar-refractivity contribution in [2.45, 2.75) is 19.3 Å². The van der Waals surface area contributed by atoms with E-state index < -0.39 is 0 Å². The van der Waals surface area contributed by atoms with E-state index in [1.54, 1.807) is 12.1 Å². The van der Waals surface area contributed by atoms with Crippen LogP contribution in [0.15, 0.2) is 48.5 Å². The van der Waals surface area contributed by atoms with Gasteiger partial charge in [-0.05, 0) is 36.6 Å². The molecule has 2 aromatic carbocycles. The molecule has 2 heteroatoms. The molecule has 18 heavy (non-hydrogen) atoms. The van der Waals surface area contributed by atoms with Crippen LogP contribution in [0.3, 0.4) is 0 Å². The summed E-state index contributed by atoms with van der Waals surface area (Å²) in [7, 11) is 0. The second kappa shape index (κ2) is 6.01. The molecule has 94 valence electrons. The summed E-state index contributed by atoms with van der Waals surface area (Å²) in [6.07, 6.45) is 0.842. The summed E-state index contributed by atoms with van der Waals surface area (Å²) in [5.74, 6) is 0.452. The SMILES string of the molecule is Cc1cccc(CC(CCl)c2cccc(F)c2)c1. The first-order valence-corrected chi connectivity index (χ1v) is 6.59. The zero-order chi connectivity index (χ0) is 13.0. The van der Waals surface area contributed by atoms with Gasteiger partial charge in [0.1, 0.15) is 5.82 Å². The minimum atomic E-state index is -0.202. The molecular formula is C16H16ClF. The van der Waals surface area contributed by atoms with Crippen molar-refractivity contribution in [2.75, 3.05) is 5.88 Å². The van der Waals surface area contributed by atoms with E-state index in [0.29, 0.717) is 5.88 Å². The van der Waals surface area contributed by atoms with Gasteiger partial charge in [-0.3, -0.25) is 0 Å². The van der Waals surface area contributed by atoms with Gasteiger partial charge in [0.05, 0.1) is 0 Å². The van der Waals surface area contributed by atoms with Gasteiger partial charge in [-0.25, -0.2) is 4.39 Å². The molecule has 0 fully saturated rings. The minimum Gasteiger partial charge on any atom is -0.207 e. The van der Waals surface area contributed by atoms with Crippen molar-refractivity contribution < 1.29 is 4.39 Å². The van der Waals surface area contributed by atoms with E-state index in [1.807, 2.05) is 12.1 Å². The molecule has 1 unspecified atom stereocenters. The first-order valence-electron chi connectivity index (χ1n) is 6.06. The summed E-state index contributed by atoms with van der Waals surface area (Å²) in [6.45, 7) is 2.07. The third-order valence-electron chi connectivity index (χ3n) is 3.07. The molecule has 0 aromatic heterocycles. The average Bonchev–Trinajstić information content (AvgIpc) is 2.36. The normalized spacial score (nSPS) is 12.4. The monoisotopic (exact) mass is 262 g/mol. The molecule has 0 N–H and O–H groups in total. The Bertz CT molecular complexity index is 522. The van der Waals surface area contributed by atoms with Crippen molar-refractivity contribution in [1.29, 1.82) is 0 Å². The number of alkyl halides is 1. The maximum atomic E-state index is 13.2. The van der Waals surface area contributed by atoms with Crippen molar-refractivity contribution in [2.24, 2.45) is 0 Å². The van der Waals surface area contributed by atoms with Gasteiger partial charge in [-0.2, -0.15) is 0 Å². The van der Waals surface area contributed by atoms with Crippen molar-refractivity contribution in [3.05, 3.63) is 71.0 Å². The maximum Gasteiger partial charge on any atom is 0.123 e. The van der Waals surface area contributed by atoms with Crippen LogP contribution in [-0.2, 0) is 6.42 Å². The van der Waals surface area contributed by atoms with Crippen LogP contribution < -0.4 is 0 Å². The van der Waals surface area contributed by atoms with E-state index in [2.05, 4.69) is 25.1 Å². The van der Waals surface area contributed by atoms with E-state index >= 15 is 0 Å². The van der Waals surface area contributed by atoms with Crippen LogP contribution in [0.4, 0.5) is 4.39 Å². The molecule has 2 rings (SSSR count). The highest BCUT2D eigenvalue weighted by Crippen LogP contribution is 2.23. The molecule has 0 saturated carbocycles. The van der Waals surface area contributed by atoms with Crippen LogP contribution in [0.1, 0.15) is 22.6 Å². The summed E-state index contributed by atoms with van der Waals surface area (Å²) in [6, 6.07) is 15.1. The van der Waals surface area contributed by atoms with Crippen LogP contribution in [0.5, 0.6) is 0 Å². The molecule has 0 aliphatic carbocycles. The van der Waals surface area contributed by atoms with Gasteiger partial charge >= 0.3 is 0 Å². The Morgan fingerprint density at radius 3 is 2.56 bits per heavy atom. The van der Waals surface area contributed by atoms with Gasteiger partial charge in [-0.15, -0.1) is 11.6 Å². The maximum absolute atomic E-state index is 13.2. The van der Waals surface area contributed by atoms with Crippen LogP contribution >= 0.6 is 11.6 Å². The highest BCUT2D eigenvalue weighted by Gasteiger charge is 2.12. The Morgan fingerprint density at radius 2 is 1.89 bits per heavy atom. The molecule has 0 bridgehead atoms. The van der Waals surface area contributed by atoms with Crippen LogP contribution in [0, 0.1) is 12.7 Å². The average molecular weight is 263 g/mol. The summed E-state index contributed by atoms with van der Waals surface area (Å²) in [4.78, 5) is 0. The van der Waals surface area contributed by atoms with Gasteiger partial charge in [-0.1, -0.05) is 42.0 Å². The fourth-order valence-corrected chi connectivity index (χ4v) is 2.43. The lowest BCUT2D eigenvalue weighted by Crippen LogP contribution is -2.05. The second-order valence-electron chi connectivity index (χ2n) is 4.60. The first kappa shape index (κ1) is 13.1. The quantitative estimate of drug-likeness (QED) is 0.701. The molecule has 0 spiro atoms. The molecule has 2 aromatic rings. The van der Waals surface area contributed by atoms with Crippen molar-refractivity contribution in [3.8, 4) is 0 Å². The van der Waals surface area contributed by atoms with Crippen molar-refractivity contribution in [3.63, 3.8) is 0 Å². The lowest BCUT2D eigenvalue weighted by atomic mass is 9.93. The Balaban J connectivity index is 2.19. The highest BCUT2D eigenvalue weighted by atomic mass is 35.5. The smallest absolute Gasteiger partial charge is 0.123 e. The molecule has 0 aliphatic heterocycles. The third-order valence-corrected chi connectivity index (χ3v) is 3.44. The molecule has 0 aliphatic rings. The molecule has 1 atom stereocenters. The number of aryl methyl sites for hydroxylation is 1. The third kappa shape index (κ3) is 3.33. The number of hydrogen-bond acceptors (Lipinski definition) is 0. The first-order chi connectivity index (χ1) is 8.69. The van der Waals surface area contributed by atoms with E-state index in [9.17, 15) is 4.39 Å². The van der Waals surface area contributed by atoms with Crippen LogP contribution in [0.25, 0.3) is 0 Å². The molecular weight excluding hydrogens is 247 g/mol. The standard InChI is InChI=1S/C16H16ClF/c1-12-4-2-5-13(8-12)9-15(11-17)14-6-3-7-16(18)10-14/h2-8,10,15H,9,11H2,1H3. The van der Waals surface area contributed by atoms with Gasteiger partial charge in [0, 0.05) is 11.8 Å². The van der Waals surface area contributed by atoms with E-state index in [4.69, 9.17) is 11.6 Å². The molecule has 0 amide bonds. The molecule has 0 saturated heterocycles. The number of benzene rings is 2. The highest BCUT2D eigenvalue weighted by molar-refractivity contribution is 6.18. The van der Waals surface area contributed by atoms with Crippen LogP contribution in [-0.4, -0.2) is 5.88 Å². The van der Waals surface area contributed by atoms with Crippen LogP contribution in [0.2, 0.25) is 0 Å². The Kier molecular flexibility index (Phi) is 4.38. The fraction of sp³-hybridized carbons (Fsp3) is 0.250.